The lowest BCUT2D eigenvalue weighted by Gasteiger charge is -2.23. The van der Waals surface area contributed by atoms with Crippen molar-refractivity contribution in [3.05, 3.63) is 29.6 Å². The third kappa shape index (κ3) is 2.61. The SMILES string of the molecule is CC1CCN(Cc2cc(O)cc(F)c2)C1C(=O)O. The number of halogens is 1. The fourth-order valence-corrected chi connectivity index (χ4v) is 2.56. The molecule has 2 N–H and O–H groups in total. The molecule has 0 amide bonds. The van der Waals surface area contributed by atoms with E-state index in [1.54, 1.807) is 4.90 Å². The third-order valence-corrected chi connectivity index (χ3v) is 3.39. The number of carboxylic acids is 1. The summed E-state index contributed by atoms with van der Waals surface area (Å²) < 4.78 is 13.1. The number of benzene rings is 1. The summed E-state index contributed by atoms with van der Waals surface area (Å²) in [5.41, 5.74) is 0.591. The zero-order chi connectivity index (χ0) is 13.3. The van der Waals surface area contributed by atoms with Crippen LogP contribution in [0.3, 0.4) is 0 Å². The van der Waals surface area contributed by atoms with Crippen LogP contribution in [0, 0.1) is 11.7 Å². The van der Waals surface area contributed by atoms with Crippen molar-refractivity contribution in [2.45, 2.75) is 25.9 Å². The number of nitrogens with zero attached hydrogens (tertiary/aromatic N) is 1. The van der Waals surface area contributed by atoms with E-state index in [9.17, 15) is 19.4 Å². The second kappa shape index (κ2) is 4.94. The van der Waals surface area contributed by atoms with Crippen molar-refractivity contribution in [3.8, 4) is 5.75 Å². The Hall–Kier alpha value is -1.62. The Kier molecular flexibility index (Phi) is 3.52. The molecule has 2 unspecified atom stereocenters. The van der Waals surface area contributed by atoms with Crippen molar-refractivity contribution in [2.24, 2.45) is 5.92 Å². The molecule has 0 aliphatic carbocycles. The van der Waals surface area contributed by atoms with E-state index in [1.165, 1.54) is 12.1 Å². The lowest BCUT2D eigenvalue weighted by molar-refractivity contribution is -0.143. The van der Waals surface area contributed by atoms with Crippen LogP contribution >= 0.6 is 0 Å². The molecule has 1 aliphatic rings. The predicted molar refractivity (Wildman–Crippen MR) is 63.7 cm³/mol. The van der Waals surface area contributed by atoms with Crippen LogP contribution in [0.25, 0.3) is 0 Å². The first-order chi connectivity index (χ1) is 8.47. The van der Waals surface area contributed by atoms with Gasteiger partial charge in [0, 0.05) is 12.6 Å². The van der Waals surface area contributed by atoms with Gasteiger partial charge in [-0.25, -0.2) is 4.39 Å². The Labute approximate surface area is 105 Å². The van der Waals surface area contributed by atoms with Crippen LogP contribution in [0.15, 0.2) is 18.2 Å². The second-order valence-electron chi connectivity index (χ2n) is 4.84. The molecule has 1 saturated heterocycles. The van der Waals surface area contributed by atoms with E-state index in [0.717, 1.165) is 12.5 Å². The number of aliphatic carboxylic acids is 1. The molecule has 2 atom stereocenters. The number of likely N-dealkylation sites (tertiary alicyclic amines) is 1. The molecular formula is C13H16FNO3. The average molecular weight is 253 g/mol. The molecule has 0 aromatic heterocycles. The summed E-state index contributed by atoms with van der Waals surface area (Å²) >= 11 is 0. The smallest absolute Gasteiger partial charge is 0.321 e. The first-order valence-corrected chi connectivity index (χ1v) is 5.92. The van der Waals surface area contributed by atoms with Crippen LogP contribution in [-0.2, 0) is 11.3 Å². The van der Waals surface area contributed by atoms with Crippen LogP contribution in [0.5, 0.6) is 5.75 Å². The summed E-state index contributed by atoms with van der Waals surface area (Å²) in [6.45, 7) is 2.92. The third-order valence-electron chi connectivity index (χ3n) is 3.39. The number of carbonyl (C=O) groups is 1. The van der Waals surface area contributed by atoms with Gasteiger partial charge in [0.05, 0.1) is 0 Å². The van der Waals surface area contributed by atoms with E-state index in [4.69, 9.17) is 0 Å². The molecular weight excluding hydrogens is 237 g/mol. The summed E-state index contributed by atoms with van der Waals surface area (Å²) in [7, 11) is 0. The summed E-state index contributed by atoms with van der Waals surface area (Å²) in [6.07, 6.45) is 0.818. The van der Waals surface area contributed by atoms with Gasteiger partial charge in [-0.2, -0.15) is 0 Å². The fourth-order valence-electron chi connectivity index (χ4n) is 2.56. The molecule has 0 bridgehead atoms. The van der Waals surface area contributed by atoms with Crippen molar-refractivity contribution in [1.82, 2.24) is 4.90 Å². The van der Waals surface area contributed by atoms with Gasteiger partial charge in [-0.3, -0.25) is 9.69 Å². The van der Waals surface area contributed by atoms with Gasteiger partial charge in [0.25, 0.3) is 0 Å². The zero-order valence-corrected chi connectivity index (χ0v) is 10.1. The topological polar surface area (TPSA) is 60.8 Å². The minimum absolute atomic E-state index is 0.0876. The number of hydrogen-bond donors (Lipinski definition) is 2. The van der Waals surface area contributed by atoms with Crippen molar-refractivity contribution in [3.63, 3.8) is 0 Å². The van der Waals surface area contributed by atoms with Crippen LogP contribution in [0.4, 0.5) is 4.39 Å². The molecule has 1 aromatic rings. The molecule has 4 nitrogen and oxygen atoms in total. The van der Waals surface area contributed by atoms with Crippen molar-refractivity contribution >= 4 is 5.97 Å². The average Bonchev–Trinajstić information content (AvgIpc) is 2.57. The van der Waals surface area contributed by atoms with E-state index >= 15 is 0 Å². The molecule has 1 aromatic carbocycles. The van der Waals surface area contributed by atoms with Crippen molar-refractivity contribution in [2.75, 3.05) is 6.54 Å². The Morgan fingerprint density at radius 2 is 2.22 bits per heavy atom. The fraction of sp³-hybridized carbons (Fsp3) is 0.462. The van der Waals surface area contributed by atoms with Gasteiger partial charge >= 0.3 is 5.97 Å². The molecule has 18 heavy (non-hydrogen) atoms. The van der Waals surface area contributed by atoms with E-state index in [-0.39, 0.29) is 11.7 Å². The molecule has 0 spiro atoms. The maximum atomic E-state index is 13.1. The molecule has 2 rings (SSSR count). The van der Waals surface area contributed by atoms with Gasteiger partial charge < -0.3 is 10.2 Å². The first kappa shape index (κ1) is 12.8. The van der Waals surface area contributed by atoms with E-state index in [2.05, 4.69) is 0 Å². The second-order valence-corrected chi connectivity index (χ2v) is 4.84. The minimum Gasteiger partial charge on any atom is -0.508 e. The summed E-state index contributed by atoms with van der Waals surface area (Å²) in [6, 6.07) is 3.28. The Balaban J connectivity index is 2.15. The maximum Gasteiger partial charge on any atom is 0.321 e. The highest BCUT2D eigenvalue weighted by atomic mass is 19.1. The largest absolute Gasteiger partial charge is 0.508 e. The van der Waals surface area contributed by atoms with E-state index in [1.807, 2.05) is 6.92 Å². The molecule has 0 saturated carbocycles. The van der Waals surface area contributed by atoms with E-state index in [0.29, 0.717) is 18.7 Å². The zero-order valence-electron chi connectivity index (χ0n) is 10.1. The van der Waals surface area contributed by atoms with Gasteiger partial charge in [0.1, 0.15) is 17.6 Å². The summed E-state index contributed by atoms with van der Waals surface area (Å²) in [5.74, 6) is -1.40. The molecule has 98 valence electrons. The minimum atomic E-state index is -0.847. The first-order valence-electron chi connectivity index (χ1n) is 5.92. The monoisotopic (exact) mass is 253 g/mol. The number of aromatic hydroxyl groups is 1. The van der Waals surface area contributed by atoms with Crippen LogP contribution in [0.2, 0.25) is 0 Å². The highest BCUT2D eigenvalue weighted by molar-refractivity contribution is 5.74. The lowest BCUT2D eigenvalue weighted by atomic mass is 10.0. The maximum absolute atomic E-state index is 13.1. The molecule has 5 heteroatoms. The van der Waals surface area contributed by atoms with E-state index < -0.39 is 17.8 Å². The van der Waals surface area contributed by atoms with Gasteiger partial charge in [-0.1, -0.05) is 6.92 Å². The predicted octanol–water partition coefficient (Wildman–Crippen LogP) is 1.83. The number of phenolic OH excluding ortho intramolecular Hbond substituents is 1. The van der Waals surface area contributed by atoms with Gasteiger partial charge in [0.2, 0.25) is 0 Å². The number of carboxylic acid groups (broad SMARTS) is 1. The van der Waals surface area contributed by atoms with Gasteiger partial charge in [-0.15, -0.1) is 0 Å². The quantitative estimate of drug-likeness (QED) is 0.862. The lowest BCUT2D eigenvalue weighted by Crippen LogP contribution is -2.38. The van der Waals surface area contributed by atoms with Gasteiger partial charge in [-0.05, 0) is 36.6 Å². The molecule has 1 aliphatic heterocycles. The number of rotatable bonds is 3. The normalized spacial score (nSPS) is 24.3. The highest BCUT2D eigenvalue weighted by Gasteiger charge is 2.36. The van der Waals surface area contributed by atoms with Gasteiger partial charge in [0.15, 0.2) is 0 Å². The number of phenols is 1. The molecule has 1 fully saturated rings. The highest BCUT2D eigenvalue weighted by Crippen LogP contribution is 2.26. The van der Waals surface area contributed by atoms with Crippen molar-refractivity contribution in [1.29, 1.82) is 0 Å². The Morgan fingerprint density at radius 3 is 2.83 bits per heavy atom. The number of hydrogen-bond acceptors (Lipinski definition) is 3. The Bertz CT molecular complexity index is 443. The standard InChI is InChI=1S/C13H16FNO3/c1-8-2-3-15(12(8)13(17)18)7-9-4-10(14)6-11(16)5-9/h4-6,8,12,16H,2-3,7H2,1H3,(H,17,18). The molecule has 1 heterocycles. The van der Waals surface area contributed by atoms with Crippen molar-refractivity contribution < 1.29 is 19.4 Å². The molecule has 0 radical (unpaired) electrons. The van der Waals surface area contributed by atoms with Crippen LogP contribution in [0.1, 0.15) is 18.9 Å². The van der Waals surface area contributed by atoms with Crippen LogP contribution in [-0.4, -0.2) is 33.7 Å². The Morgan fingerprint density at radius 1 is 1.50 bits per heavy atom. The summed E-state index contributed by atoms with van der Waals surface area (Å²) in [5, 5.41) is 18.5. The summed E-state index contributed by atoms with van der Waals surface area (Å²) in [4.78, 5) is 13.0. The van der Waals surface area contributed by atoms with Crippen LogP contribution < -0.4 is 0 Å².